The van der Waals surface area contributed by atoms with E-state index < -0.39 is 12.6 Å². The monoisotopic (exact) mass is 245 g/mol. The van der Waals surface area contributed by atoms with Gasteiger partial charge in [0.1, 0.15) is 5.71 Å². The van der Waals surface area contributed by atoms with Gasteiger partial charge in [-0.3, -0.25) is 4.79 Å². The highest BCUT2D eigenvalue weighted by molar-refractivity contribution is 6.25. The number of hydrogen-bond donors (Lipinski definition) is 1. The van der Waals surface area contributed by atoms with Crippen molar-refractivity contribution in [1.29, 1.82) is 0 Å². The fraction of sp³-hybridized carbons (Fsp3) is 0.154. The lowest BCUT2D eigenvalue weighted by atomic mass is 9.90. The first-order chi connectivity index (χ1) is 8.59. The zero-order valence-corrected chi connectivity index (χ0v) is 9.71. The second kappa shape index (κ2) is 4.83. The lowest BCUT2D eigenvalue weighted by Gasteiger charge is -2.14. The molecule has 2 rings (SSSR count). The summed E-state index contributed by atoms with van der Waals surface area (Å²) in [5.74, 6) is -1.15. The molecule has 5 nitrogen and oxygen atoms in total. The zero-order chi connectivity index (χ0) is 13.1. The van der Waals surface area contributed by atoms with Gasteiger partial charge in [-0.15, -0.1) is 0 Å². The highest BCUT2D eigenvalue weighted by atomic mass is 16.6. The largest absolute Gasteiger partial charge is 0.479 e. The third kappa shape index (κ3) is 2.29. The first-order valence-corrected chi connectivity index (χ1v) is 5.33. The standard InChI is InChI=1S/C13H11NO4/c1-8-6-11(14-18-7-12(15)16)9-4-2-3-5-10(9)13(8)17/h2-6H,7H2,1H3,(H,15,16)/b14-11+. The number of carbonyl (C=O) groups is 2. The minimum atomic E-state index is -1.10. The van der Waals surface area contributed by atoms with E-state index in [2.05, 4.69) is 5.16 Å². The molecule has 1 aliphatic carbocycles. The molecular formula is C13H11NO4. The average Bonchev–Trinajstić information content (AvgIpc) is 2.35. The van der Waals surface area contributed by atoms with Gasteiger partial charge in [-0.25, -0.2) is 4.79 Å². The number of carboxylic acid groups (broad SMARTS) is 1. The fourth-order valence-corrected chi connectivity index (χ4v) is 1.70. The van der Waals surface area contributed by atoms with Gasteiger partial charge in [-0.2, -0.15) is 0 Å². The van der Waals surface area contributed by atoms with Crippen LogP contribution in [0, 0.1) is 0 Å². The first kappa shape index (κ1) is 12.0. The number of Topliss-reactive ketones (excluding diaryl/α,β-unsaturated/α-hetero) is 1. The molecule has 0 saturated heterocycles. The molecule has 0 bridgehead atoms. The molecule has 0 amide bonds. The fourth-order valence-electron chi connectivity index (χ4n) is 1.70. The quantitative estimate of drug-likeness (QED) is 0.821. The maximum absolute atomic E-state index is 11.9. The molecule has 1 aliphatic rings. The number of oxime groups is 1. The summed E-state index contributed by atoms with van der Waals surface area (Å²) in [4.78, 5) is 26.9. The van der Waals surface area contributed by atoms with Crippen molar-refractivity contribution in [2.24, 2.45) is 5.16 Å². The normalized spacial score (nSPS) is 16.2. The van der Waals surface area contributed by atoms with Crippen LogP contribution in [-0.2, 0) is 9.63 Å². The van der Waals surface area contributed by atoms with E-state index >= 15 is 0 Å². The second-order valence-corrected chi connectivity index (χ2v) is 3.85. The van der Waals surface area contributed by atoms with E-state index in [0.717, 1.165) is 0 Å². The van der Waals surface area contributed by atoms with Crippen LogP contribution in [0.2, 0.25) is 0 Å². The Kier molecular flexibility index (Phi) is 3.23. The Hall–Kier alpha value is -2.43. The molecule has 0 spiro atoms. The van der Waals surface area contributed by atoms with Crippen molar-refractivity contribution in [3.05, 3.63) is 47.0 Å². The predicted octanol–water partition coefficient (Wildman–Crippen LogP) is 1.63. The number of allylic oxidation sites excluding steroid dienone is 2. The number of nitrogens with zero attached hydrogens (tertiary/aromatic N) is 1. The summed E-state index contributed by atoms with van der Waals surface area (Å²) in [6.45, 7) is 1.18. The van der Waals surface area contributed by atoms with Crippen molar-refractivity contribution in [3.8, 4) is 0 Å². The lowest BCUT2D eigenvalue weighted by molar-refractivity contribution is -0.142. The van der Waals surface area contributed by atoms with E-state index in [1.165, 1.54) is 0 Å². The van der Waals surface area contributed by atoms with Gasteiger partial charge >= 0.3 is 5.97 Å². The SMILES string of the molecule is CC1=C/C(=N\OCC(=O)O)c2ccccc2C1=O. The summed E-state index contributed by atoms with van der Waals surface area (Å²) in [6.07, 6.45) is 1.59. The van der Waals surface area contributed by atoms with Crippen molar-refractivity contribution < 1.29 is 19.5 Å². The second-order valence-electron chi connectivity index (χ2n) is 3.85. The third-order valence-corrected chi connectivity index (χ3v) is 2.51. The molecule has 1 aromatic carbocycles. The van der Waals surface area contributed by atoms with Crippen LogP contribution < -0.4 is 0 Å². The molecule has 0 unspecified atom stereocenters. The molecule has 0 aliphatic heterocycles. The number of fused-ring (bicyclic) bond motifs is 1. The van der Waals surface area contributed by atoms with Gasteiger partial charge in [0, 0.05) is 11.1 Å². The number of carboxylic acids is 1. The molecule has 1 aromatic rings. The molecular weight excluding hydrogens is 234 g/mol. The van der Waals surface area contributed by atoms with E-state index in [1.807, 2.05) is 0 Å². The molecule has 1 N–H and O–H groups in total. The summed E-state index contributed by atoms with van der Waals surface area (Å²) < 4.78 is 0. The van der Waals surface area contributed by atoms with Gasteiger partial charge in [-0.05, 0) is 18.6 Å². The Morgan fingerprint density at radius 1 is 1.33 bits per heavy atom. The smallest absolute Gasteiger partial charge is 0.344 e. The van der Waals surface area contributed by atoms with Crippen molar-refractivity contribution in [1.82, 2.24) is 0 Å². The van der Waals surface area contributed by atoms with Crippen molar-refractivity contribution >= 4 is 17.5 Å². The number of ketones is 1. The zero-order valence-electron chi connectivity index (χ0n) is 9.71. The van der Waals surface area contributed by atoms with E-state index in [-0.39, 0.29) is 5.78 Å². The number of hydrogen-bond acceptors (Lipinski definition) is 4. The van der Waals surface area contributed by atoms with Crippen molar-refractivity contribution in [2.75, 3.05) is 6.61 Å². The average molecular weight is 245 g/mol. The third-order valence-electron chi connectivity index (χ3n) is 2.51. The highest BCUT2D eigenvalue weighted by Gasteiger charge is 2.21. The van der Waals surface area contributed by atoms with Crippen LogP contribution in [-0.4, -0.2) is 29.2 Å². The van der Waals surface area contributed by atoms with E-state index in [4.69, 9.17) is 9.94 Å². The van der Waals surface area contributed by atoms with Gasteiger partial charge in [0.15, 0.2) is 5.78 Å². The van der Waals surface area contributed by atoms with E-state index in [1.54, 1.807) is 37.3 Å². The summed E-state index contributed by atoms with van der Waals surface area (Å²) >= 11 is 0. The topological polar surface area (TPSA) is 76.0 Å². The van der Waals surface area contributed by atoms with Gasteiger partial charge in [0.05, 0.1) is 0 Å². The predicted molar refractivity (Wildman–Crippen MR) is 64.7 cm³/mol. The molecule has 0 radical (unpaired) electrons. The summed E-state index contributed by atoms with van der Waals surface area (Å²) in [5, 5.41) is 12.2. The summed E-state index contributed by atoms with van der Waals surface area (Å²) in [6, 6.07) is 7.01. The lowest BCUT2D eigenvalue weighted by Crippen LogP contribution is -2.16. The van der Waals surface area contributed by atoms with E-state index in [0.29, 0.717) is 22.4 Å². The number of aliphatic carboxylic acids is 1. The first-order valence-electron chi connectivity index (χ1n) is 5.33. The van der Waals surface area contributed by atoms with Crippen molar-refractivity contribution in [3.63, 3.8) is 0 Å². The van der Waals surface area contributed by atoms with Crippen LogP contribution in [0.3, 0.4) is 0 Å². The number of benzene rings is 1. The molecule has 0 fully saturated rings. The van der Waals surface area contributed by atoms with Crippen LogP contribution in [0.4, 0.5) is 0 Å². The minimum Gasteiger partial charge on any atom is -0.479 e. The minimum absolute atomic E-state index is 0.0530. The van der Waals surface area contributed by atoms with E-state index in [9.17, 15) is 9.59 Å². The van der Waals surface area contributed by atoms with Gasteiger partial charge < -0.3 is 9.94 Å². The maximum atomic E-state index is 11.9. The Morgan fingerprint density at radius 3 is 2.67 bits per heavy atom. The summed E-state index contributed by atoms with van der Waals surface area (Å²) in [5.41, 5.74) is 2.21. The van der Waals surface area contributed by atoms with Crippen LogP contribution >= 0.6 is 0 Å². The molecule has 0 saturated carbocycles. The Morgan fingerprint density at radius 2 is 2.00 bits per heavy atom. The molecule has 0 atom stereocenters. The molecule has 92 valence electrons. The number of rotatable bonds is 3. The number of carbonyl (C=O) groups excluding carboxylic acids is 1. The van der Waals surface area contributed by atoms with Gasteiger partial charge in [-0.1, -0.05) is 29.4 Å². The van der Waals surface area contributed by atoms with Crippen molar-refractivity contribution in [2.45, 2.75) is 6.92 Å². The maximum Gasteiger partial charge on any atom is 0.344 e. The van der Waals surface area contributed by atoms with Gasteiger partial charge in [0.2, 0.25) is 6.61 Å². The van der Waals surface area contributed by atoms with Crippen LogP contribution in [0.1, 0.15) is 22.8 Å². The highest BCUT2D eigenvalue weighted by Crippen LogP contribution is 2.21. The van der Waals surface area contributed by atoms with Crippen LogP contribution in [0.25, 0.3) is 0 Å². The van der Waals surface area contributed by atoms with Crippen LogP contribution in [0.5, 0.6) is 0 Å². The van der Waals surface area contributed by atoms with Crippen LogP contribution in [0.15, 0.2) is 41.1 Å². The molecule has 0 heterocycles. The summed E-state index contributed by atoms with van der Waals surface area (Å²) in [7, 11) is 0. The molecule has 0 aromatic heterocycles. The Labute approximate surface area is 103 Å². The molecule has 5 heteroatoms. The Bertz CT molecular complexity index is 572. The van der Waals surface area contributed by atoms with Gasteiger partial charge in [0.25, 0.3) is 0 Å². The molecule has 18 heavy (non-hydrogen) atoms. The Balaban J connectivity index is 2.36.